The number of hydrogen-bond donors (Lipinski definition) is 4. The molecule has 1 amide bonds. The van der Waals surface area contributed by atoms with Crippen LogP contribution in [-0.2, 0) is 6.42 Å². The second kappa shape index (κ2) is 10.8. The first-order chi connectivity index (χ1) is 11.1. The van der Waals surface area contributed by atoms with Gasteiger partial charge in [0.15, 0.2) is 0 Å². The van der Waals surface area contributed by atoms with Crippen LogP contribution >= 0.6 is 0 Å². The summed E-state index contributed by atoms with van der Waals surface area (Å²) in [5, 5.41) is 18.9. The van der Waals surface area contributed by atoms with Crippen molar-refractivity contribution in [1.29, 1.82) is 5.41 Å². The van der Waals surface area contributed by atoms with Crippen molar-refractivity contribution in [3.05, 3.63) is 35.4 Å². The van der Waals surface area contributed by atoms with Gasteiger partial charge in [0.25, 0.3) is 5.91 Å². The second-order valence-electron chi connectivity index (χ2n) is 5.88. The van der Waals surface area contributed by atoms with Crippen molar-refractivity contribution in [3.63, 3.8) is 0 Å². The van der Waals surface area contributed by atoms with E-state index in [2.05, 4.69) is 12.2 Å². The van der Waals surface area contributed by atoms with E-state index in [4.69, 9.17) is 16.2 Å². The summed E-state index contributed by atoms with van der Waals surface area (Å²) in [6.45, 7) is 1.84. The van der Waals surface area contributed by atoms with Crippen molar-refractivity contribution in [1.82, 2.24) is 5.32 Å². The summed E-state index contributed by atoms with van der Waals surface area (Å²) in [5.74, 6) is -0.578. The number of unbranched alkanes of at least 4 members (excludes halogenated alkanes) is 5. The molecule has 128 valence electrons. The summed E-state index contributed by atoms with van der Waals surface area (Å²) < 4.78 is 0. The lowest BCUT2D eigenvalue weighted by atomic mass is 10.0. The molecule has 0 spiro atoms. The van der Waals surface area contributed by atoms with Crippen LogP contribution in [0.2, 0.25) is 0 Å². The predicted molar refractivity (Wildman–Crippen MR) is 93.8 cm³/mol. The van der Waals surface area contributed by atoms with Crippen molar-refractivity contribution in [2.24, 2.45) is 5.73 Å². The van der Waals surface area contributed by atoms with Crippen LogP contribution < -0.4 is 11.1 Å². The zero-order chi connectivity index (χ0) is 17.1. The zero-order valence-electron chi connectivity index (χ0n) is 14.0. The van der Waals surface area contributed by atoms with Crippen LogP contribution in [0.25, 0.3) is 0 Å². The van der Waals surface area contributed by atoms with Crippen LogP contribution in [0.3, 0.4) is 0 Å². The first-order valence-electron chi connectivity index (χ1n) is 8.43. The van der Waals surface area contributed by atoms with Crippen molar-refractivity contribution in [2.45, 2.75) is 57.9 Å². The van der Waals surface area contributed by atoms with E-state index in [1.807, 2.05) is 12.1 Å². The molecular formula is C18H29N3O2. The van der Waals surface area contributed by atoms with Crippen LogP contribution in [0.15, 0.2) is 24.3 Å². The molecule has 0 aliphatic carbocycles. The third-order valence-electron chi connectivity index (χ3n) is 3.90. The third-order valence-corrected chi connectivity index (χ3v) is 3.90. The Morgan fingerprint density at radius 3 is 2.35 bits per heavy atom. The molecule has 0 radical (unpaired) electrons. The minimum Gasteiger partial charge on any atom is -0.394 e. The number of aliphatic hydroxyl groups is 1. The molecule has 5 nitrogen and oxygen atoms in total. The van der Waals surface area contributed by atoms with Gasteiger partial charge in [-0.15, -0.1) is 0 Å². The molecule has 5 heteroatoms. The monoisotopic (exact) mass is 319 g/mol. The van der Waals surface area contributed by atoms with E-state index < -0.39 is 6.04 Å². The predicted octanol–water partition coefficient (Wildman–Crippen LogP) is 2.62. The molecule has 1 aromatic carbocycles. The lowest BCUT2D eigenvalue weighted by molar-refractivity contribution is 0.0933. The van der Waals surface area contributed by atoms with Crippen LogP contribution in [0.5, 0.6) is 0 Å². The zero-order valence-corrected chi connectivity index (χ0v) is 14.0. The standard InChI is InChI=1S/C18H29N3O2/c1-2-3-4-5-6-7-8-14-9-11-15(12-10-14)18(23)21-16(13-22)17(19)20/h9-12,16,22H,2-8,13H2,1H3,(H3,19,20)(H,21,23). The minimum absolute atomic E-state index is 0.249. The molecule has 0 aliphatic rings. The highest BCUT2D eigenvalue weighted by Gasteiger charge is 2.15. The Morgan fingerprint density at radius 2 is 1.78 bits per heavy atom. The van der Waals surface area contributed by atoms with Gasteiger partial charge in [-0.05, 0) is 30.5 Å². The minimum atomic E-state index is -0.828. The summed E-state index contributed by atoms with van der Waals surface area (Å²) in [5.41, 5.74) is 7.04. The smallest absolute Gasteiger partial charge is 0.251 e. The Bertz CT molecular complexity index is 486. The Balaban J connectivity index is 2.40. The fourth-order valence-corrected chi connectivity index (χ4v) is 2.40. The molecule has 0 aromatic heterocycles. The van der Waals surface area contributed by atoms with E-state index in [1.54, 1.807) is 12.1 Å². The van der Waals surface area contributed by atoms with E-state index in [9.17, 15) is 4.79 Å². The van der Waals surface area contributed by atoms with E-state index >= 15 is 0 Å². The number of amides is 1. The Hall–Kier alpha value is -1.88. The number of amidine groups is 1. The van der Waals surface area contributed by atoms with Crippen LogP contribution in [0.4, 0.5) is 0 Å². The molecule has 0 bridgehead atoms. The largest absolute Gasteiger partial charge is 0.394 e. The highest BCUT2D eigenvalue weighted by Crippen LogP contribution is 2.11. The number of hydrogen-bond acceptors (Lipinski definition) is 3. The van der Waals surface area contributed by atoms with Crippen molar-refractivity contribution >= 4 is 11.7 Å². The molecule has 1 atom stereocenters. The highest BCUT2D eigenvalue weighted by molar-refractivity contribution is 5.97. The molecular weight excluding hydrogens is 290 g/mol. The Kier molecular flexibility index (Phi) is 8.98. The van der Waals surface area contributed by atoms with Crippen LogP contribution in [-0.4, -0.2) is 29.5 Å². The SMILES string of the molecule is CCCCCCCCc1ccc(C(=O)NC(CO)C(=N)N)cc1. The summed E-state index contributed by atoms with van der Waals surface area (Å²) in [6.07, 6.45) is 8.65. The maximum absolute atomic E-state index is 12.0. The van der Waals surface area contributed by atoms with Gasteiger partial charge in [0, 0.05) is 5.56 Å². The molecule has 0 aliphatic heterocycles. The number of rotatable bonds is 11. The second-order valence-corrected chi connectivity index (χ2v) is 5.88. The quantitative estimate of drug-likeness (QED) is 0.286. The van der Waals surface area contributed by atoms with Crippen molar-refractivity contribution in [3.8, 4) is 0 Å². The molecule has 1 aromatic rings. The van der Waals surface area contributed by atoms with Gasteiger partial charge in [-0.25, -0.2) is 0 Å². The number of carbonyl (C=O) groups is 1. The molecule has 0 fully saturated rings. The number of carbonyl (C=O) groups excluding carboxylic acids is 1. The van der Waals surface area contributed by atoms with E-state index in [-0.39, 0.29) is 18.3 Å². The fraction of sp³-hybridized carbons (Fsp3) is 0.556. The van der Waals surface area contributed by atoms with Gasteiger partial charge >= 0.3 is 0 Å². The van der Waals surface area contributed by atoms with E-state index in [0.29, 0.717) is 5.56 Å². The fourth-order valence-electron chi connectivity index (χ4n) is 2.40. The van der Waals surface area contributed by atoms with Crippen molar-refractivity contribution in [2.75, 3.05) is 6.61 Å². The number of benzene rings is 1. The number of nitrogens with one attached hydrogen (secondary N) is 2. The normalized spacial score (nSPS) is 11.9. The Labute approximate surface area is 138 Å². The molecule has 0 saturated heterocycles. The molecule has 1 unspecified atom stereocenters. The van der Waals surface area contributed by atoms with Crippen LogP contribution in [0, 0.1) is 5.41 Å². The maximum Gasteiger partial charge on any atom is 0.251 e. The van der Waals surface area contributed by atoms with Gasteiger partial charge in [-0.1, -0.05) is 51.2 Å². The Morgan fingerprint density at radius 1 is 1.17 bits per heavy atom. The van der Waals surface area contributed by atoms with Gasteiger partial charge in [0.1, 0.15) is 11.9 Å². The van der Waals surface area contributed by atoms with Crippen molar-refractivity contribution < 1.29 is 9.90 Å². The van der Waals surface area contributed by atoms with E-state index in [1.165, 1.54) is 44.1 Å². The van der Waals surface area contributed by atoms with Crippen LogP contribution in [0.1, 0.15) is 61.4 Å². The van der Waals surface area contributed by atoms with Gasteiger partial charge in [0.05, 0.1) is 6.61 Å². The first-order valence-corrected chi connectivity index (χ1v) is 8.43. The average Bonchev–Trinajstić information content (AvgIpc) is 2.55. The van der Waals surface area contributed by atoms with Gasteiger partial charge in [0.2, 0.25) is 0 Å². The van der Waals surface area contributed by atoms with Gasteiger partial charge in [-0.2, -0.15) is 0 Å². The number of nitrogens with two attached hydrogens (primary N) is 1. The lowest BCUT2D eigenvalue weighted by Crippen LogP contribution is -2.46. The average molecular weight is 319 g/mol. The summed E-state index contributed by atoms with van der Waals surface area (Å²) in [4.78, 5) is 12.0. The summed E-state index contributed by atoms with van der Waals surface area (Å²) in [7, 11) is 0. The molecule has 23 heavy (non-hydrogen) atoms. The van der Waals surface area contributed by atoms with Gasteiger partial charge < -0.3 is 16.2 Å². The van der Waals surface area contributed by atoms with Gasteiger partial charge in [-0.3, -0.25) is 10.2 Å². The third kappa shape index (κ3) is 7.28. The highest BCUT2D eigenvalue weighted by atomic mass is 16.3. The molecule has 5 N–H and O–H groups in total. The molecule has 0 heterocycles. The molecule has 0 saturated carbocycles. The maximum atomic E-state index is 12.0. The lowest BCUT2D eigenvalue weighted by Gasteiger charge is -2.14. The summed E-state index contributed by atoms with van der Waals surface area (Å²) >= 11 is 0. The molecule has 1 rings (SSSR count). The first kappa shape index (κ1) is 19.2. The topological polar surface area (TPSA) is 99.2 Å². The van der Waals surface area contributed by atoms with E-state index in [0.717, 1.165) is 6.42 Å². The number of aliphatic hydroxyl groups excluding tert-OH is 1. The number of aryl methyl sites for hydroxylation is 1. The summed E-state index contributed by atoms with van der Waals surface area (Å²) in [6, 6.07) is 6.64.